The second-order valence-corrected chi connectivity index (χ2v) is 4.43. The summed E-state index contributed by atoms with van der Waals surface area (Å²) in [5.41, 5.74) is 0.596. The molecule has 2 atom stereocenters. The molecule has 0 aromatic carbocycles. The SMILES string of the molecule is CCC(c1ncc([N+](=O)[O-])cc1Br)C(C)O. The maximum absolute atomic E-state index is 10.5. The molecular formula is C10H13BrN2O3. The monoisotopic (exact) mass is 288 g/mol. The van der Waals surface area contributed by atoms with Gasteiger partial charge in [0.25, 0.3) is 5.69 Å². The van der Waals surface area contributed by atoms with Crippen LogP contribution >= 0.6 is 15.9 Å². The van der Waals surface area contributed by atoms with Gasteiger partial charge in [-0.05, 0) is 29.3 Å². The molecule has 0 fully saturated rings. The molecule has 0 aliphatic rings. The number of aliphatic hydroxyl groups is 1. The Morgan fingerprint density at radius 1 is 1.69 bits per heavy atom. The third-order valence-corrected chi connectivity index (χ3v) is 3.07. The predicted octanol–water partition coefficient (Wildman–Crippen LogP) is 2.63. The lowest BCUT2D eigenvalue weighted by Crippen LogP contribution is -2.15. The van der Waals surface area contributed by atoms with Crippen molar-refractivity contribution in [1.82, 2.24) is 4.98 Å². The van der Waals surface area contributed by atoms with E-state index in [0.717, 1.165) is 6.42 Å². The number of halogens is 1. The second kappa shape index (κ2) is 5.36. The average molecular weight is 289 g/mol. The Labute approximate surface area is 102 Å². The van der Waals surface area contributed by atoms with Gasteiger partial charge in [0.2, 0.25) is 0 Å². The maximum Gasteiger partial charge on any atom is 0.288 e. The van der Waals surface area contributed by atoms with Crippen molar-refractivity contribution >= 4 is 21.6 Å². The molecule has 1 N–H and O–H groups in total. The number of nitrogens with zero attached hydrogens (tertiary/aromatic N) is 2. The summed E-state index contributed by atoms with van der Waals surface area (Å²) in [7, 11) is 0. The van der Waals surface area contributed by atoms with Gasteiger partial charge in [-0.2, -0.15) is 0 Å². The summed E-state index contributed by atoms with van der Waals surface area (Å²) in [6.07, 6.45) is 1.40. The van der Waals surface area contributed by atoms with E-state index in [-0.39, 0.29) is 11.6 Å². The quantitative estimate of drug-likeness (QED) is 0.682. The number of rotatable bonds is 4. The van der Waals surface area contributed by atoms with Crippen molar-refractivity contribution < 1.29 is 10.0 Å². The van der Waals surface area contributed by atoms with E-state index in [1.165, 1.54) is 12.3 Å². The molecule has 0 bridgehead atoms. The Morgan fingerprint density at radius 2 is 2.31 bits per heavy atom. The van der Waals surface area contributed by atoms with E-state index >= 15 is 0 Å². The second-order valence-electron chi connectivity index (χ2n) is 3.57. The third-order valence-electron chi connectivity index (χ3n) is 2.44. The molecule has 16 heavy (non-hydrogen) atoms. The molecule has 0 spiro atoms. The molecule has 1 rings (SSSR count). The topological polar surface area (TPSA) is 76.3 Å². The molecule has 2 unspecified atom stereocenters. The Kier molecular flexibility index (Phi) is 4.37. The minimum absolute atomic E-state index is 0.0592. The molecular weight excluding hydrogens is 276 g/mol. The molecule has 0 radical (unpaired) electrons. The number of hydrogen-bond donors (Lipinski definition) is 1. The summed E-state index contributed by atoms with van der Waals surface area (Å²) >= 11 is 3.25. The molecule has 0 saturated heterocycles. The molecule has 1 aromatic heterocycles. The van der Waals surface area contributed by atoms with Crippen LogP contribution in [0.15, 0.2) is 16.7 Å². The van der Waals surface area contributed by atoms with Crippen LogP contribution in [0, 0.1) is 10.1 Å². The first kappa shape index (κ1) is 13.1. The molecule has 0 saturated carbocycles. The summed E-state index contributed by atoms with van der Waals surface area (Å²) < 4.78 is 0.564. The van der Waals surface area contributed by atoms with Gasteiger partial charge in [-0.3, -0.25) is 15.1 Å². The summed E-state index contributed by atoms with van der Waals surface area (Å²) in [5, 5.41) is 20.1. The highest BCUT2D eigenvalue weighted by Crippen LogP contribution is 2.30. The third kappa shape index (κ3) is 2.76. The highest BCUT2D eigenvalue weighted by Gasteiger charge is 2.21. The number of nitro groups is 1. The fourth-order valence-electron chi connectivity index (χ4n) is 1.57. The van der Waals surface area contributed by atoms with Gasteiger partial charge < -0.3 is 5.11 Å². The highest BCUT2D eigenvalue weighted by molar-refractivity contribution is 9.10. The molecule has 5 nitrogen and oxygen atoms in total. The lowest BCUT2D eigenvalue weighted by molar-refractivity contribution is -0.385. The van der Waals surface area contributed by atoms with Gasteiger partial charge >= 0.3 is 0 Å². The largest absolute Gasteiger partial charge is 0.393 e. The van der Waals surface area contributed by atoms with E-state index in [9.17, 15) is 15.2 Å². The predicted molar refractivity (Wildman–Crippen MR) is 63.3 cm³/mol. The van der Waals surface area contributed by atoms with Crippen molar-refractivity contribution in [1.29, 1.82) is 0 Å². The normalized spacial score (nSPS) is 14.5. The van der Waals surface area contributed by atoms with E-state index in [4.69, 9.17) is 0 Å². The van der Waals surface area contributed by atoms with Gasteiger partial charge in [-0.15, -0.1) is 0 Å². The maximum atomic E-state index is 10.5. The molecule has 0 aliphatic carbocycles. The Hall–Kier alpha value is -1.01. The summed E-state index contributed by atoms with van der Waals surface area (Å²) in [5.74, 6) is -0.116. The van der Waals surface area contributed by atoms with Gasteiger partial charge in [0.05, 0.1) is 16.7 Å². The summed E-state index contributed by atoms with van der Waals surface area (Å²) in [4.78, 5) is 14.1. The number of aliphatic hydroxyl groups excluding tert-OH is 1. The van der Waals surface area contributed by atoms with E-state index in [0.29, 0.717) is 10.2 Å². The molecule has 1 heterocycles. The molecule has 0 aliphatic heterocycles. The van der Waals surface area contributed by atoms with Crippen LogP contribution in [-0.4, -0.2) is 21.1 Å². The lowest BCUT2D eigenvalue weighted by atomic mass is 9.96. The smallest absolute Gasteiger partial charge is 0.288 e. The van der Waals surface area contributed by atoms with Crippen molar-refractivity contribution in [3.8, 4) is 0 Å². The Morgan fingerprint density at radius 3 is 2.69 bits per heavy atom. The number of pyridine rings is 1. The Balaban J connectivity index is 3.11. The van der Waals surface area contributed by atoms with Crippen molar-refractivity contribution in [2.45, 2.75) is 32.3 Å². The zero-order valence-electron chi connectivity index (χ0n) is 9.05. The van der Waals surface area contributed by atoms with Crippen LogP contribution in [0.2, 0.25) is 0 Å². The average Bonchev–Trinajstić information content (AvgIpc) is 2.20. The fourth-order valence-corrected chi connectivity index (χ4v) is 2.20. The van der Waals surface area contributed by atoms with Crippen molar-refractivity contribution in [3.63, 3.8) is 0 Å². The molecule has 6 heteroatoms. The van der Waals surface area contributed by atoms with Crippen LogP contribution in [0.3, 0.4) is 0 Å². The summed E-state index contributed by atoms with van der Waals surface area (Å²) in [6.45, 7) is 3.62. The highest BCUT2D eigenvalue weighted by atomic mass is 79.9. The molecule has 0 amide bonds. The molecule has 88 valence electrons. The van der Waals surface area contributed by atoms with Gasteiger partial charge in [0.1, 0.15) is 6.20 Å². The van der Waals surface area contributed by atoms with Crippen molar-refractivity contribution in [3.05, 3.63) is 32.5 Å². The first-order valence-corrected chi connectivity index (χ1v) is 5.74. The van der Waals surface area contributed by atoms with Crippen LogP contribution in [0.4, 0.5) is 5.69 Å². The minimum Gasteiger partial charge on any atom is -0.393 e. The van der Waals surface area contributed by atoms with Gasteiger partial charge in [-0.1, -0.05) is 6.92 Å². The van der Waals surface area contributed by atoms with E-state index in [1.54, 1.807) is 6.92 Å². The van der Waals surface area contributed by atoms with E-state index < -0.39 is 11.0 Å². The van der Waals surface area contributed by atoms with Gasteiger partial charge in [-0.25, -0.2) is 0 Å². The molecule has 1 aromatic rings. The minimum atomic E-state index is -0.532. The van der Waals surface area contributed by atoms with Crippen molar-refractivity contribution in [2.75, 3.05) is 0 Å². The van der Waals surface area contributed by atoms with E-state index in [2.05, 4.69) is 20.9 Å². The van der Waals surface area contributed by atoms with E-state index in [1.807, 2.05) is 6.92 Å². The number of hydrogen-bond acceptors (Lipinski definition) is 4. The lowest BCUT2D eigenvalue weighted by Gasteiger charge is -2.18. The first-order chi connectivity index (χ1) is 7.47. The van der Waals surface area contributed by atoms with Crippen LogP contribution in [-0.2, 0) is 0 Å². The van der Waals surface area contributed by atoms with Crippen LogP contribution in [0.5, 0.6) is 0 Å². The zero-order valence-corrected chi connectivity index (χ0v) is 10.6. The van der Waals surface area contributed by atoms with Crippen LogP contribution < -0.4 is 0 Å². The summed E-state index contributed by atoms with van der Waals surface area (Å²) in [6, 6.07) is 1.41. The van der Waals surface area contributed by atoms with Gasteiger partial charge in [0.15, 0.2) is 0 Å². The van der Waals surface area contributed by atoms with Crippen molar-refractivity contribution in [2.24, 2.45) is 0 Å². The Bertz CT molecular complexity index is 396. The number of aromatic nitrogens is 1. The van der Waals surface area contributed by atoms with Crippen LogP contribution in [0.25, 0.3) is 0 Å². The standard InChI is InChI=1S/C10H13BrN2O3/c1-3-8(6(2)14)10-9(11)4-7(5-12-10)13(15)16/h4-6,8,14H,3H2,1-2H3. The van der Waals surface area contributed by atoms with Crippen LogP contribution in [0.1, 0.15) is 31.9 Å². The zero-order chi connectivity index (χ0) is 12.3. The fraction of sp³-hybridized carbons (Fsp3) is 0.500. The van der Waals surface area contributed by atoms with Gasteiger partial charge in [0, 0.05) is 16.5 Å². The first-order valence-electron chi connectivity index (χ1n) is 4.95.